The molecule has 0 bridgehead atoms. The fourth-order valence-electron chi connectivity index (χ4n) is 1.83. The predicted octanol–water partition coefficient (Wildman–Crippen LogP) is 2.85. The van der Waals surface area contributed by atoms with E-state index in [0.29, 0.717) is 12.1 Å². The summed E-state index contributed by atoms with van der Waals surface area (Å²) in [6.45, 7) is 1.78. The third-order valence-electron chi connectivity index (χ3n) is 2.88. The van der Waals surface area contributed by atoms with Crippen LogP contribution in [0.5, 0.6) is 0 Å². The summed E-state index contributed by atoms with van der Waals surface area (Å²) in [5.41, 5.74) is 1.23. The van der Waals surface area contributed by atoms with E-state index in [0.717, 1.165) is 23.8 Å². The molecule has 22 heavy (non-hydrogen) atoms. The second kappa shape index (κ2) is 6.80. The van der Waals surface area contributed by atoms with Crippen LogP contribution in [0.2, 0.25) is 0 Å². The Balaban J connectivity index is 2.04. The van der Waals surface area contributed by atoms with Crippen molar-refractivity contribution in [2.75, 3.05) is 5.32 Å². The Morgan fingerprint density at radius 3 is 2.14 bits per heavy atom. The first-order chi connectivity index (χ1) is 10.4. The van der Waals surface area contributed by atoms with Crippen molar-refractivity contribution >= 4 is 17.5 Å². The molecule has 0 saturated carbocycles. The van der Waals surface area contributed by atoms with Crippen molar-refractivity contribution in [2.24, 2.45) is 0 Å². The smallest absolute Gasteiger partial charge is 0.255 e. The van der Waals surface area contributed by atoms with Crippen LogP contribution in [-0.2, 0) is 11.3 Å². The number of anilines is 1. The van der Waals surface area contributed by atoms with E-state index < -0.39 is 17.5 Å². The van der Waals surface area contributed by atoms with Crippen LogP contribution in [0, 0.1) is 11.6 Å². The highest BCUT2D eigenvalue weighted by Gasteiger charge is 2.08. The molecule has 0 spiro atoms. The summed E-state index contributed by atoms with van der Waals surface area (Å²) in [5, 5.41) is 5.06. The van der Waals surface area contributed by atoms with Crippen LogP contribution in [-0.4, -0.2) is 11.8 Å². The zero-order valence-corrected chi connectivity index (χ0v) is 11.8. The molecule has 6 heteroatoms. The number of nitrogens with one attached hydrogen (secondary N) is 2. The zero-order valence-electron chi connectivity index (χ0n) is 11.8. The molecule has 0 aliphatic rings. The van der Waals surface area contributed by atoms with E-state index in [2.05, 4.69) is 10.6 Å². The molecule has 114 valence electrons. The van der Waals surface area contributed by atoms with E-state index in [1.165, 1.54) is 6.92 Å². The zero-order chi connectivity index (χ0) is 16.1. The quantitative estimate of drug-likeness (QED) is 0.912. The van der Waals surface area contributed by atoms with Gasteiger partial charge in [-0.05, 0) is 29.8 Å². The van der Waals surface area contributed by atoms with E-state index in [9.17, 15) is 18.4 Å². The summed E-state index contributed by atoms with van der Waals surface area (Å²) < 4.78 is 26.1. The van der Waals surface area contributed by atoms with Crippen molar-refractivity contribution in [3.8, 4) is 0 Å². The molecule has 2 rings (SSSR count). The molecule has 0 aliphatic heterocycles. The van der Waals surface area contributed by atoms with Gasteiger partial charge in [0.05, 0.1) is 0 Å². The van der Waals surface area contributed by atoms with E-state index in [4.69, 9.17) is 0 Å². The molecule has 0 saturated heterocycles. The molecule has 4 nitrogen and oxygen atoms in total. The first kappa shape index (κ1) is 15.6. The number of carbonyl (C=O) groups is 2. The number of hydrogen-bond donors (Lipinski definition) is 2. The van der Waals surface area contributed by atoms with Gasteiger partial charge < -0.3 is 10.6 Å². The number of benzene rings is 2. The fraction of sp³-hybridized carbons (Fsp3) is 0.125. The number of halogens is 2. The summed E-state index contributed by atoms with van der Waals surface area (Å²) in [4.78, 5) is 22.8. The molecule has 0 atom stereocenters. The van der Waals surface area contributed by atoms with Gasteiger partial charge in [-0.25, -0.2) is 8.78 Å². The second-order valence-electron chi connectivity index (χ2n) is 4.72. The molecule has 0 fully saturated rings. The number of amides is 2. The first-order valence-corrected chi connectivity index (χ1v) is 6.55. The summed E-state index contributed by atoms with van der Waals surface area (Å²) >= 11 is 0. The maximum absolute atomic E-state index is 13.1. The van der Waals surface area contributed by atoms with Gasteiger partial charge in [0.25, 0.3) is 5.91 Å². The van der Waals surface area contributed by atoms with E-state index in [-0.39, 0.29) is 11.6 Å². The van der Waals surface area contributed by atoms with Crippen LogP contribution in [0.4, 0.5) is 14.5 Å². The summed E-state index contributed by atoms with van der Waals surface area (Å²) in [6.07, 6.45) is 0. The minimum Gasteiger partial charge on any atom is -0.352 e. The minimum absolute atomic E-state index is 0.0461. The average Bonchev–Trinajstić information content (AvgIpc) is 2.44. The van der Waals surface area contributed by atoms with Crippen molar-refractivity contribution in [3.63, 3.8) is 0 Å². The molecule has 0 aliphatic carbocycles. The lowest BCUT2D eigenvalue weighted by molar-refractivity contribution is -0.119. The highest BCUT2D eigenvalue weighted by Crippen LogP contribution is 2.14. The van der Waals surface area contributed by atoms with Crippen LogP contribution < -0.4 is 10.6 Å². The Morgan fingerprint density at radius 2 is 1.59 bits per heavy atom. The molecular formula is C16H14F2N2O2. The Hall–Kier alpha value is -2.76. The highest BCUT2D eigenvalue weighted by molar-refractivity contribution is 6.04. The Kier molecular flexibility index (Phi) is 4.83. The van der Waals surface area contributed by atoms with Crippen LogP contribution in [0.1, 0.15) is 22.8 Å². The largest absolute Gasteiger partial charge is 0.352 e. The maximum Gasteiger partial charge on any atom is 0.255 e. The molecular weight excluding hydrogens is 290 g/mol. The molecule has 0 heterocycles. The summed E-state index contributed by atoms with van der Waals surface area (Å²) in [5.74, 6) is -2.15. The SMILES string of the molecule is CC(=O)NCc1ccc(C(=O)Nc2cc(F)cc(F)c2)cc1. The molecule has 0 unspecified atom stereocenters. The third kappa shape index (κ3) is 4.37. The van der Waals surface area contributed by atoms with Gasteiger partial charge in [0.2, 0.25) is 5.91 Å². The van der Waals surface area contributed by atoms with E-state index in [1.54, 1.807) is 24.3 Å². The Labute approximate surface area is 126 Å². The van der Waals surface area contributed by atoms with Crippen LogP contribution >= 0.6 is 0 Å². The van der Waals surface area contributed by atoms with Crippen molar-refractivity contribution < 1.29 is 18.4 Å². The highest BCUT2D eigenvalue weighted by atomic mass is 19.1. The van der Waals surface area contributed by atoms with E-state index in [1.807, 2.05) is 0 Å². The van der Waals surface area contributed by atoms with Crippen LogP contribution in [0.15, 0.2) is 42.5 Å². The molecule has 2 N–H and O–H groups in total. The van der Waals surface area contributed by atoms with Gasteiger partial charge in [0, 0.05) is 30.8 Å². The van der Waals surface area contributed by atoms with Gasteiger partial charge in [-0.1, -0.05) is 12.1 Å². The van der Waals surface area contributed by atoms with Gasteiger partial charge in [0.1, 0.15) is 11.6 Å². The molecule has 2 amide bonds. The fourth-order valence-corrected chi connectivity index (χ4v) is 1.83. The lowest BCUT2D eigenvalue weighted by Gasteiger charge is -2.07. The van der Waals surface area contributed by atoms with Gasteiger partial charge in [-0.15, -0.1) is 0 Å². The van der Waals surface area contributed by atoms with Gasteiger partial charge in [-0.2, -0.15) is 0 Å². The molecule has 0 radical (unpaired) electrons. The number of hydrogen-bond acceptors (Lipinski definition) is 2. The van der Waals surface area contributed by atoms with Gasteiger partial charge in [-0.3, -0.25) is 9.59 Å². The standard InChI is InChI=1S/C16H14F2N2O2/c1-10(21)19-9-11-2-4-12(5-3-11)16(22)20-15-7-13(17)6-14(18)8-15/h2-8H,9H2,1H3,(H,19,21)(H,20,22). The van der Waals surface area contributed by atoms with Crippen molar-refractivity contribution in [1.82, 2.24) is 5.32 Å². The third-order valence-corrected chi connectivity index (χ3v) is 2.88. The van der Waals surface area contributed by atoms with Crippen molar-refractivity contribution in [3.05, 3.63) is 65.2 Å². The molecule has 0 aromatic heterocycles. The lowest BCUT2D eigenvalue weighted by Crippen LogP contribution is -2.19. The number of carbonyl (C=O) groups excluding carboxylic acids is 2. The Morgan fingerprint density at radius 1 is 1.00 bits per heavy atom. The second-order valence-corrected chi connectivity index (χ2v) is 4.72. The van der Waals surface area contributed by atoms with Crippen LogP contribution in [0.3, 0.4) is 0 Å². The lowest BCUT2D eigenvalue weighted by atomic mass is 10.1. The molecule has 2 aromatic rings. The van der Waals surface area contributed by atoms with Gasteiger partial charge >= 0.3 is 0 Å². The maximum atomic E-state index is 13.1. The van der Waals surface area contributed by atoms with Crippen molar-refractivity contribution in [1.29, 1.82) is 0 Å². The van der Waals surface area contributed by atoms with E-state index >= 15 is 0 Å². The monoisotopic (exact) mass is 304 g/mol. The predicted molar refractivity (Wildman–Crippen MR) is 78.3 cm³/mol. The summed E-state index contributed by atoms with van der Waals surface area (Å²) in [7, 11) is 0. The molecule has 2 aromatic carbocycles. The van der Waals surface area contributed by atoms with Gasteiger partial charge in [0.15, 0.2) is 0 Å². The Bertz CT molecular complexity index is 680. The average molecular weight is 304 g/mol. The summed E-state index contributed by atoms with van der Waals surface area (Å²) in [6, 6.07) is 9.32. The van der Waals surface area contributed by atoms with Crippen molar-refractivity contribution in [2.45, 2.75) is 13.5 Å². The normalized spacial score (nSPS) is 10.1. The number of rotatable bonds is 4. The minimum atomic E-state index is -0.763. The van der Waals surface area contributed by atoms with Crippen LogP contribution in [0.25, 0.3) is 0 Å². The first-order valence-electron chi connectivity index (χ1n) is 6.55. The topological polar surface area (TPSA) is 58.2 Å².